The van der Waals surface area contributed by atoms with E-state index >= 15 is 0 Å². The van der Waals surface area contributed by atoms with Crippen LogP contribution in [0.3, 0.4) is 0 Å². The van der Waals surface area contributed by atoms with Gasteiger partial charge in [-0.05, 0) is 44.3 Å². The highest BCUT2D eigenvalue weighted by atomic mass is 35.5. The van der Waals surface area contributed by atoms with Gasteiger partial charge >= 0.3 is 0 Å². The lowest BCUT2D eigenvalue weighted by Crippen LogP contribution is -2.17. The largest absolute Gasteiger partial charge is 0.344 e. The van der Waals surface area contributed by atoms with Gasteiger partial charge in [-0.15, -0.1) is 0 Å². The van der Waals surface area contributed by atoms with E-state index in [1.165, 1.54) is 0 Å². The minimum Gasteiger partial charge on any atom is -0.344 e. The van der Waals surface area contributed by atoms with Crippen LogP contribution in [0.4, 0.5) is 0 Å². The fourth-order valence-electron chi connectivity index (χ4n) is 3.76. The SMILES string of the molecule is CC(C)c1[nH]n(-c2c(Cl)cc(Cl)cc2Cl)c2nc(-c3ccc(CN(C)C)n3C)nc(=O)c1-2. The van der Waals surface area contributed by atoms with Crippen LogP contribution in [0.15, 0.2) is 29.1 Å². The van der Waals surface area contributed by atoms with Crippen molar-refractivity contribution in [1.82, 2.24) is 29.2 Å². The number of rotatable bonds is 5. The number of nitrogens with zero attached hydrogens (tertiary/aromatic N) is 5. The van der Waals surface area contributed by atoms with E-state index in [2.05, 4.69) is 15.0 Å². The molecule has 2 aliphatic rings. The first kappa shape index (κ1) is 22.9. The zero-order chi connectivity index (χ0) is 23.3. The summed E-state index contributed by atoms with van der Waals surface area (Å²) in [5.74, 6) is 0.761. The van der Waals surface area contributed by atoms with Crippen molar-refractivity contribution in [3.63, 3.8) is 0 Å². The third-order valence-corrected chi connectivity index (χ3v) is 6.08. The van der Waals surface area contributed by atoms with Crippen molar-refractivity contribution in [3.05, 3.63) is 61.1 Å². The van der Waals surface area contributed by atoms with Gasteiger partial charge in [0.25, 0.3) is 5.56 Å². The van der Waals surface area contributed by atoms with Crippen molar-refractivity contribution >= 4 is 34.8 Å². The lowest BCUT2D eigenvalue weighted by atomic mass is 10.1. The Hall–Kier alpha value is -2.32. The molecule has 0 amide bonds. The molecule has 0 unspecified atom stereocenters. The van der Waals surface area contributed by atoms with Crippen molar-refractivity contribution in [2.24, 2.45) is 7.05 Å². The molecule has 0 radical (unpaired) electrons. The van der Waals surface area contributed by atoms with Crippen LogP contribution in [0.5, 0.6) is 0 Å². The standard InChI is InChI=1S/C22H23Cl3N6O/c1-11(2)18-17-21(31(28-18)19-14(24)8-12(23)9-15(19)25)26-20(27-22(17)32)16-7-6-13(30(16)5)10-29(3)4/h6-9,11,28H,10H2,1-5H3. The van der Waals surface area contributed by atoms with Crippen LogP contribution in [-0.4, -0.2) is 43.3 Å². The van der Waals surface area contributed by atoms with E-state index in [9.17, 15) is 4.79 Å². The van der Waals surface area contributed by atoms with Crippen LogP contribution in [0.25, 0.3) is 28.6 Å². The minimum absolute atomic E-state index is 0.0208. The normalized spacial score (nSPS) is 11.9. The molecule has 0 spiro atoms. The van der Waals surface area contributed by atoms with Crippen molar-refractivity contribution < 1.29 is 0 Å². The lowest BCUT2D eigenvalue weighted by Gasteiger charge is -2.13. The van der Waals surface area contributed by atoms with E-state index in [0.717, 1.165) is 17.9 Å². The Morgan fingerprint density at radius 3 is 2.34 bits per heavy atom. The Bertz CT molecular complexity index is 1310. The number of fused-ring (bicyclic) bond motifs is 1. The fourth-order valence-corrected chi connectivity index (χ4v) is 4.74. The average Bonchev–Trinajstić information content (AvgIpc) is 3.22. The van der Waals surface area contributed by atoms with Gasteiger partial charge in [-0.25, -0.2) is 9.67 Å². The van der Waals surface area contributed by atoms with Gasteiger partial charge in [0.2, 0.25) is 0 Å². The van der Waals surface area contributed by atoms with Gasteiger partial charge in [0.1, 0.15) is 11.3 Å². The van der Waals surface area contributed by atoms with Gasteiger partial charge in [0, 0.05) is 24.3 Å². The summed E-state index contributed by atoms with van der Waals surface area (Å²) in [4.78, 5) is 24.3. The lowest BCUT2D eigenvalue weighted by molar-refractivity contribution is 0.391. The molecule has 1 aromatic carbocycles. The van der Waals surface area contributed by atoms with Gasteiger partial charge in [-0.2, -0.15) is 4.98 Å². The van der Waals surface area contributed by atoms with Crippen LogP contribution in [0.1, 0.15) is 31.2 Å². The Balaban J connectivity index is 1.99. The topological polar surface area (TPSA) is 71.7 Å². The molecule has 4 rings (SSSR count). The van der Waals surface area contributed by atoms with Gasteiger partial charge in [-0.1, -0.05) is 48.7 Å². The minimum atomic E-state index is -0.361. The monoisotopic (exact) mass is 492 g/mol. The molecule has 0 bridgehead atoms. The number of H-pyrrole nitrogens is 1. The molecule has 168 valence electrons. The van der Waals surface area contributed by atoms with Crippen LogP contribution in [0.2, 0.25) is 15.1 Å². The molecule has 2 aromatic rings. The van der Waals surface area contributed by atoms with Crippen molar-refractivity contribution in [2.75, 3.05) is 14.1 Å². The Morgan fingerprint density at radius 1 is 1.09 bits per heavy atom. The molecule has 1 N–H and O–H groups in total. The second kappa shape index (κ2) is 8.56. The molecular formula is C22H23Cl3N6O. The Morgan fingerprint density at radius 2 is 1.75 bits per heavy atom. The number of hydrogen-bond donors (Lipinski definition) is 1. The molecule has 10 heteroatoms. The van der Waals surface area contributed by atoms with E-state index < -0.39 is 0 Å². The number of aromatic amines is 1. The Labute approximate surface area is 200 Å². The average molecular weight is 494 g/mol. The molecule has 1 aromatic heterocycles. The summed E-state index contributed by atoms with van der Waals surface area (Å²) < 4.78 is 3.63. The number of hydrogen-bond acceptors (Lipinski definition) is 4. The Kier molecular flexibility index (Phi) is 6.11. The molecule has 0 saturated heterocycles. The molecule has 0 atom stereocenters. The highest BCUT2D eigenvalue weighted by Crippen LogP contribution is 2.37. The molecule has 3 heterocycles. The van der Waals surface area contributed by atoms with E-state index in [0.29, 0.717) is 43.7 Å². The van der Waals surface area contributed by atoms with Crippen molar-refractivity contribution in [3.8, 4) is 28.6 Å². The summed E-state index contributed by atoms with van der Waals surface area (Å²) in [6, 6.07) is 7.13. The summed E-state index contributed by atoms with van der Waals surface area (Å²) in [5.41, 5.74) is 3.05. The second-order valence-corrected chi connectivity index (χ2v) is 9.54. The quantitative estimate of drug-likeness (QED) is 0.414. The van der Waals surface area contributed by atoms with Crippen molar-refractivity contribution in [2.45, 2.75) is 26.3 Å². The van der Waals surface area contributed by atoms with E-state index in [4.69, 9.17) is 39.8 Å². The predicted octanol–water partition coefficient (Wildman–Crippen LogP) is 5.21. The summed E-state index contributed by atoms with van der Waals surface area (Å²) in [5, 5.41) is 4.36. The summed E-state index contributed by atoms with van der Waals surface area (Å²) >= 11 is 19.1. The van der Waals surface area contributed by atoms with Gasteiger partial charge < -0.3 is 9.47 Å². The first-order chi connectivity index (χ1) is 15.1. The summed E-state index contributed by atoms with van der Waals surface area (Å²) in [6.07, 6.45) is 0. The van der Waals surface area contributed by atoms with Gasteiger partial charge in [0.15, 0.2) is 11.6 Å². The smallest absolute Gasteiger partial charge is 0.284 e. The first-order valence-electron chi connectivity index (χ1n) is 10.1. The highest BCUT2D eigenvalue weighted by molar-refractivity contribution is 6.40. The zero-order valence-electron chi connectivity index (χ0n) is 18.4. The number of nitrogens with one attached hydrogen (secondary N) is 1. The maximum absolute atomic E-state index is 13.2. The number of halogens is 3. The summed E-state index contributed by atoms with van der Waals surface area (Å²) in [7, 11) is 5.94. The highest BCUT2D eigenvalue weighted by Gasteiger charge is 2.28. The molecule has 0 saturated carbocycles. The number of aromatic nitrogens is 5. The summed E-state index contributed by atoms with van der Waals surface area (Å²) in [6.45, 7) is 4.72. The van der Waals surface area contributed by atoms with E-state index in [1.54, 1.807) is 16.8 Å². The van der Waals surface area contributed by atoms with Gasteiger partial charge in [-0.3, -0.25) is 9.89 Å². The maximum atomic E-state index is 13.2. The van der Waals surface area contributed by atoms with Crippen LogP contribution < -0.4 is 5.56 Å². The molecule has 2 aliphatic heterocycles. The molecule has 32 heavy (non-hydrogen) atoms. The third kappa shape index (κ3) is 3.94. The molecule has 7 nitrogen and oxygen atoms in total. The van der Waals surface area contributed by atoms with Crippen LogP contribution >= 0.6 is 34.8 Å². The van der Waals surface area contributed by atoms with Crippen molar-refractivity contribution in [1.29, 1.82) is 0 Å². The van der Waals surface area contributed by atoms with E-state index in [1.807, 2.05) is 51.7 Å². The van der Waals surface area contributed by atoms with Gasteiger partial charge in [0.05, 0.1) is 21.4 Å². The molecule has 0 aliphatic carbocycles. The van der Waals surface area contributed by atoms with E-state index in [-0.39, 0.29) is 11.5 Å². The first-order valence-corrected chi connectivity index (χ1v) is 11.2. The molecule has 0 fully saturated rings. The zero-order valence-corrected chi connectivity index (χ0v) is 20.6. The maximum Gasteiger partial charge on any atom is 0.284 e. The predicted molar refractivity (Wildman–Crippen MR) is 130 cm³/mol. The van der Waals surface area contributed by atoms with Crippen LogP contribution in [0, 0.1) is 0 Å². The molecular weight excluding hydrogens is 471 g/mol. The van der Waals surface area contributed by atoms with Crippen LogP contribution in [-0.2, 0) is 13.6 Å². The number of benzene rings is 1. The third-order valence-electron chi connectivity index (χ3n) is 5.29. The second-order valence-electron chi connectivity index (χ2n) is 8.29. The fraction of sp³-hybridized carbons (Fsp3) is 0.318.